The van der Waals surface area contributed by atoms with E-state index in [0.29, 0.717) is 19.0 Å². The molecule has 1 aromatic carbocycles. The molecule has 0 bridgehead atoms. The van der Waals surface area contributed by atoms with Crippen LogP contribution in [0.3, 0.4) is 0 Å². The van der Waals surface area contributed by atoms with Crippen LogP contribution in [-0.4, -0.2) is 26.2 Å². The van der Waals surface area contributed by atoms with E-state index in [0.717, 1.165) is 24.1 Å². The lowest BCUT2D eigenvalue weighted by Crippen LogP contribution is -2.15. The van der Waals surface area contributed by atoms with Gasteiger partial charge in [0.2, 0.25) is 5.91 Å². The van der Waals surface area contributed by atoms with Crippen LogP contribution in [-0.2, 0) is 9.53 Å². The van der Waals surface area contributed by atoms with Gasteiger partial charge < -0.3 is 14.8 Å². The average molecular weight is 249 g/mol. The van der Waals surface area contributed by atoms with Crippen LogP contribution in [0, 0.1) is 12.8 Å². The van der Waals surface area contributed by atoms with Gasteiger partial charge in [-0.05, 0) is 37.5 Å². The number of ether oxygens (including phenoxy) is 2. The number of hydrogen-bond acceptors (Lipinski definition) is 3. The SMILES string of the molecule is COCCOc1cc(C)ccc1NC(=O)C1CC1. The van der Waals surface area contributed by atoms with Crippen molar-refractivity contribution in [2.45, 2.75) is 19.8 Å². The maximum atomic E-state index is 11.8. The number of rotatable bonds is 6. The van der Waals surface area contributed by atoms with Crippen molar-refractivity contribution in [3.05, 3.63) is 23.8 Å². The average Bonchev–Trinajstić information content (AvgIpc) is 3.16. The van der Waals surface area contributed by atoms with Crippen LogP contribution < -0.4 is 10.1 Å². The summed E-state index contributed by atoms with van der Waals surface area (Å²) in [6.45, 7) is 3.01. The van der Waals surface area contributed by atoms with Gasteiger partial charge in [0.15, 0.2) is 0 Å². The summed E-state index contributed by atoms with van der Waals surface area (Å²) in [5.41, 5.74) is 1.85. The Morgan fingerprint density at radius 3 is 2.83 bits per heavy atom. The molecule has 4 nitrogen and oxygen atoms in total. The van der Waals surface area contributed by atoms with E-state index in [1.807, 2.05) is 25.1 Å². The fourth-order valence-electron chi connectivity index (χ4n) is 1.67. The lowest BCUT2D eigenvalue weighted by atomic mass is 10.2. The normalized spacial score (nSPS) is 14.3. The van der Waals surface area contributed by atoms with Crippen LogP contribution in [0.1, 0.15) is 18.4 Å². The molecule has 0 heterocycles. The minimum absolute atomic E-state index is 0.0930. The Kier molecular flexibility index (Phi) is 4.20. The van der Waals surface area contributed by atoms with E-state index in [2.05, 4.69) is 5.32 Å². The Hall–Kier alpha value is -1.55. The van der Waals surface area contributed by atoms with Crippen LogP contribution in [0.25, 0.3) is 0 Å². The third-order valence-electron chi connectivity index (χ3n) is 2.89. The molecule has 0 unspecified atom stereocenters. The first kappa shape index (κ1) is 12.9. The van der Waals surface area contributed by atoms with Crippen LogP contribution >= 0.6 is 0 Å². The highest BCUT2D eigenvalue weighted by molar-refractivity contribution is 5.95. The van der Waals surface area contributed by atoms with E-state index in [1.165, 1.54) is 0 Å². The summed E-state index contributed by atoms with van der Waals surface area (Å²) >= 11 is 0. The Labute approximate surface area is 107 Å². The van der Waals surface area contributed by atoms with Crippen molar-refractivity contribution < 1.29 is 14.3 Å². The lowest BCUT2D eigenvalue weighted by molar-refractivity contribution is -0.117. The van der Waals surface area contributed by atoms with Gasteiger partial charge in [0.25, 0.3) is 0 Å². The molecule has 0 aliphatic heterocycles. The van der Waals surface area contributed by atoms with Crippen LogP contribution in [0.5, 0.6) is 5.75 Å². The van der Waals surface area contributed by atoms with Crippen molar-refractivity contribution in [3.8, 4) is 5.75 Å². The Balaban J connectivity index is 2.04. The zero-order valence-corrected chi connectivity index (χ0v) is 10.9. The summed E-state index contributed by atoms with van der Waals surface area (Å²) in [6.07, 6.45) is 2.00. The van der Waals surface area contributed by atoms with Gasteiger partial charge in [-0.1, -0.05) is 6.07 Å². The maximum absolute atomic E-state index is 11.8. The number of hydrogen-bond donors (Lipinski definition) is 1. The molecular formula is C14H19NO3. The first-order chi connectivity index (χ1) is 8.70. The zero-order valence-electron chi connectivity index (χ0n) is 10.9. The molecule has 1 fully saturated rings. The zero-order chi connectivity index (χ0) is 13.0. The summed E-state index contributed by atoms with van der Waals surface area (Å²) in [4.78, 5) is 11.8. The highest BCUT2D eigenvalue weighted by Crippen LogP contribution is 2.32. The van der Waals surface area contributed by atoms with Crippen molar-refractivity contribution >= 4 is 11.6 Å². The van der Waals surface area contributed by atoms with Gasteiger partial charge in [-0.3, -0.25) is 4.79 Å². The summed E-state index contributed by atoms with van der Waals surface area (Å²) in [5.74, 6) is 0.995. The van der Waals surface area contributed by atoms with Gasteiger partial charge in [-0.25, -0.2) is 0 Å². The smallest absolute Gasteiger partial charge is 0.227 e. The second kappa shape index (κ2) is 5.87. The first-order valence-electron chi connectivity index (χ1n) is 6.24. The molecule has 0 spiro atoms. The molecule has 1 aliphatic carbocycles. The van der Waals surface area contributed by atoms with E-state index in [-0.39, 0.29) is 11.8 Å². The van der Waals surface area contributed by atoms with Crippen LogP contribution in [0.15, 0.2) is 18.2 Å². The standard InChI is InChI=1S/C14H19NO3/c1-10-3-6-12(15-14(16)11-4-5-11)13(9-10)18-8-7-17-2/h3,6,9,11H,4-5,7-8H2,1-2H3,(H,15,16). The molecule has 4 heteroatoms. The molecular weight excluding hydrogens is 230 g/mol. The summed E-state index contributed by atoms with van der Waals surface area (Å²) in [6, 6.07) is 5.78. The van der Waals surface area contributed by atoms with Crippen molar-refractivity contribution in [3.63, 3.8) is 0 Å². The van der Waals surface area contributed by atoms with Crippen LogP contribution in [0.2, 0.25) is 0 Å². The number of carbonyl (C=O) groups is 1. The quantitative estimate of drug-likeness (QED) is 0.787. The van der Waals surface area contributed by atoms with E-state index < -0.39 is 0 Å². The molecule has 1 saturated carbocycles. The van der Waals surface area contributed by atoms with Gasteiger partial charge >= 0.3 is 0 Å². The largest absolute Gasteiger partial charge is 0.489 e. The Morgan fingerprint density at radius 2 is 2.17 bits per heavy atom. The third-order valence-corrected chi connectivity index (χ3v) is 2.89. The number of amides is 1. The van der Waals surface area contributed by atoms with Gasteiger partial charge in [-0.2, -0.15) is 0 Å². The minimum Gasteiger partial charge on any atom is -0.489 e. The molecule has 0 aromatic heterocycles. The van der Waals surface area contributed by atoms with Crippen molar-refractivity contribution in [1.29, 1.82) is 0 Å². The highest BCUT2D eigenvalue weighted by atomic mass is 16.5. The topological polar surface area (TPSA) is 47.6 Å². The van der Waals surface area contributed by atoms with Gasteiger partial charge in [-0.15, -0.1) is 0 Å². The predicted octanol–water partition coefficient (Wildman–Crippen LogP) is 2.37. The third kappa shape index (κ3) is 3.47. The fraction of sp³-hybridized carbons (Fsp3) is 0.500. The van der Waals surface area contributed by atoms with Crippen molar-refractivity contribution in [2.75, 3.05) is 25.6 Å². The van der Waals surface area contributed by atoms with E-state index >= 15 is 0 Å². The number of benzene rings is 1. The molecule has 1 aliphatic rings. The summed E-state index contributed by atoms with van der Waals surface area (Å²) < 4.78 is 10.6. The number of anilines is 1. The molecule has 1 N–H and O–H groups in total. The predicted molar refractivity (Wildman–Crippen MR) is 69.9 cm³/mol. The number of aryl methyl sites for hydroxylation is 1. The fourth-order valence-corrected chi connectivity index (χ4v) is 1.67. The molecule has 2 rings (SSSR count). The minimum atomic E-state index is 0.0930. The van der Waals surface area contributed by atoms with Crippen molar-refractivity contribution in [1.82, 2.24) is 0 Å². The van der Waals surface area contributed by atoms with Crippen molar-refractivity contribution in [2.24, 2.45) is 5.92 Å². The molecule has 0 radical (unpaired) electrons. The second-order valence-electron chi connectivity index (χ2n) is 4.60. The first-order valence-corrected chi connectivity index (χ1v) is 6.24. The van der Waals surface area contributed by atoms with Crippen LogP contribution in [0.4, 0.5) is 5.69 Å². The molecule has 0 saturated heterocycles. The van der Waals surface area contributed by atoms with E-state index in [1.54, 1.807) is 7.11 Å². The number of methoxy groups -OCH3 is 1. The van der Waals surface area contributed by atoms with Gasteiger partial charge in [0.1, 0.15) is 12.4 Å². The van der Waals surface area contributed by atoms with E-state index in [4.69, 9.17) is 9.47 Å². The molecule has 98 valence electrons. The molecule has 18 heavy (non-hydrogen) atoms. The molecule has 1 aromatic rings. The number of nitrogens with one attached hydrogen (secondary N) is 1. The maximum Gasteiger partial charge on any atom is 0.227 e. The number of carbonyl (C=O) groups excluding carboxylic acids is 1. The van der Waals surface area contributed by atoms with Gasteiger partial charge in [0, 0.05) is 13.0 Å². The second-order valence-corrected chi connectivity index (χ2v) is 4.60. The van der Waals surface area contributed by atoms with Gasteiger partial charge in [0.05, 0.1) is 12.3 Å². The molecule has 0 atom stereocenters. The Bertz CT molecular complexity index is 427. The lowest BCUT2D eigenvalue weighted by Gasteiger charge is -2.13. The van der Waals surface area contributed by atoms with E-state index in [9.17, 15) is 4.79 Å². The highest BCUT2D eigenvalue weighted by Gasteiger charge is 2.30. The molecule has 1 amide bonds. The summed E-state index contributed by atoms with van der Waals surface area (Å²) in [7, 11) is 1.63. The monoisotopic (exact) mass is 249 g/mol. The summed E-state index contributed by atoms with van der Waals surface area (Å²) in [5, 5.41) is 2.92. The Morgan fingerprint density at radius 1 is 1.39 bits per heavy atom.